The Kier molecular flexibility index (Phi) is 5.10. The normalized spacial score (nSPS) is 15.1. The summed E-state index contributed by atoms with van der Waals surface area (Å²) in [4.78, 5) is 35.9. The summed E-state index contributed by atoms with van der Waals surface area (Å²) in [6.07, 6.45) is 1.66. The number of carbonyl (C=O) groups excluding carboxylic acids is 1. The molecule has 0 aliphatic heterocycles. The van der Waals surface area contributed by atoms with Gasteiger partial charge in [0.05, 0.1) is 17.4 Å². The first-order chi connectivity index (χ1) is 12.4. The summed E-state index contributed by atoms with van der Waals surface area (Å²) in [5.74, 6) is -0.434. The van der Waals surface area contributed by atoms with Crippen LogP contribution >= 0.6 is 11.3 Å². The summed E-state index contributed by atoms with van der Waals surface area (Å²) in [5.41, 5.74) is 0.707. The molecule has 0 aromatic carbocycles. The zero-order valence-electron chi connectivity index (χ0n) is 15.1. The van der Waals surface area contributed by atoms with E-state index in [-0.39, 0.29) is 18.6 Å². The van der Waals surface area contributed by atoms with Gasteiger partial charge in [0.25, 0.3) is 5.91 Å². The van der Waals surface area contributed by atoms with Crippen molar-refractivity contribution >= 4 is 33.4 Å². The van der Waals surface area contributed by atoms with Crippen molar-refractivity contribution < 1.29 is 24.2 Å². The average Bonchev–Trinajstić information content (AvgIpc) is 3.38. The molecule has 8 nitrogen and oxygen atoms in total. The fraction of sp³-hybridized carbons (Fsp3) is 0.529. The number of carboxylic acid groups (broad SMARTS) is 1. The van der Waals surface area contributed by atoms with E-state index >= 15 is 0 Å². The van der Waals surface area contributed by atoms with Crippen molar-refractivity contribution in [3.63, 3.8) is 0 Å². The molecule has 1 amide bonds. The summed E-state index contributed by atoms with van der Waals surface area (Å²) in [6.45, 7) is 3.58. The first kappa shape index (κ1) is 18.5. The molecule has 140 valence electrons. The van der Waals surface area contributed by atoms with E-state index in [0.717, 1.165) is 12.8 Å². The second-order valence-corrected chi connectivity index (χ2v) is 7.28. The lowest BCUT2D eigenvalue weighted by molar-refractivity contribution is -0.141. The first-order valence-electron chi connectivity index (χ1n) is 8.27. The van der Waals surface area contributed by atoms with Crippen LogP contribution < -0.4 is 4.74 Å². The van der Waals surface area contributed by atoms with E-state index < -0.39 is 12.0 Å². The molecule has 1 unspecified atom stereocenters. The lowest BCUT2D eigenvalue weighted by atomic mass is 10.1. The molecule has 3 rings (SSSR count). The van der Waals surface area contributed by atoms with Crippen LogP contribution in [-0.4, -0.2) is 58.2 Å². The van der Waals surface area contributed by atoms with Crippen molar-refractivity contribution in [3.05, 3.63) is 16.3 Å². The van der Waals surface area contributed by atoms with Crippen LogP contribution in [0.15, 0.2) is 0 Å². The van der Waals surface area contributed by atoms with Crippen molar-refractivity contribution in [1.82, 2.24) is 14.9 Å². The Hall–Kier alpha value is -2.26. The molecule has 2 aromatic rings. The topological polar surface area (TPSA) is 102 Å². The summed E-state index contributed by atoms with van der Waals surface area (Å²) in [7, 11) is 3.06. The maximum Gasteiger partial charge on any atom is 0.326 e. The number of methoxy groups -OCH3 is 2. The zero-order chi connectivity index (χ0) is 19.0. The number of fused-ring (bicyclic) bond motifs is 1. The van der Waals surface area contributed by atoms with E-state index in [1.807, 2.05) is 6.92 Å². The predicted octanol–water partition coefficient (Wildman–Crippen LogP) is 2.23. The highest BCUT2D eigenvalue weighted by molar-refractivity contribution is 7.20. The molecule has 1 atom stereocenters. The zero-order valence-corrected chi connectivity index (χ0v) is 15.9. The number of hydrogen-bond donors (Lipinski definition) is 1. The van der Waals surface area contributed by atoms with Crippen LogP contribution in [0.4, 0.5) is 0 Å². The van der Waals surface area contributed by atoms with Gasteiger partial charge in [0.15, 0.2) is 5.82 Å². The molecule has 1 saturated carbocycles. The molecule has 1 N–H and O–H groups in total. The lowest BCUT2D eigenvalue weighted by Gasteiger charge is -2.26. The Morgan fingerprint density at radius 3 is 2.58 bits per heavy atom. The van der Waals surface area contributed by atoms with Crippen LogP contribution in [0.1, 0.15) is 40.8 Å². The van der Waals surface area contributed by atoms with E-state index in [0.29, 0.717) is 32.4 Å². The number of nitrogens with zero attached hydrogens (tertiary/aromatic N) is 3. The number of carbonyl (C=O) groups is 2. The van der Waals surface area contributed by atoms with Crippen LogP contribution in [0.5, 0.6) is 5.88 Å². The van der Waals surface area contributed by atoms with Crippen molar-refractivity contribution in [2.45, 2.75) is 45.4 Å². The van der Waals surface area contributed by atoms with E-state index in [1.54, 1.807) is 7.11 Å². The maximum absolute atomic E-state index is 13.1. The molecular formula is C17H21N3O5S. The highest BCUT2D eigenvalue weighted by atomic mass is 32.1. The predicted molar refractivity (Wildman–Crippen MR) is 95.7 cm³/mol. The second kappa shape index (κ2) is 7.16. The quantitative estimate of drug-likeness (QED) is 0.787. The molecule has 9 heteroatoms. The molecule has 26 heavy (non-hydrogen) atoms. The Bertz CT molecular complexity index is 862. The van der Waals surface area contributed by atoms with Gasteiger partial charge in [-0.2, -0.15) is 4.98 Å². The second-order valence-electron chi connectivity index (χ2n) is 6.28. The average molecular weight is 379 g/mol. The minimum absolute atomic E-state index is 0.0183. The third-order valence-electron chi connectivity index (χ3n) is 4.41. The highest BCUT2D eigenvalue weighted by Crippen LogP contribution is 2.38. The number of aromatic nitrogens is 2. The number of hydrogen-bond acceptors (Lipinski definition) is 7. The van der Waals surface area contributed by atoms with Crippen LogP contribution in [0.3, 0.4) is 0 Å². The minimum Gasteiger partial charge on any atom is -0.480 e. The van der Waals surface area contributed by atoms with Gasteiger partial charge in [-0.05, 0) is 32.3 Å². The molecule has 0 spiro atoms. The van der Waals surface area contributed by atoms with Gasteiger partial charge in [-0.15, -0.1) is 11.3 Å². The number of aliphatic carboxylic acids is 1. The third-order valence-corrected chi connectivity index (χ3v) is 5.59. The number of aryl methyl sites for hydroxylation is 1. The van der Waals surface area contributed by atoms with Crippen molar-refractivity contribution in [2.24, 2.45) is 0 Å². The Balaban J connectivity index is 2.08. The molecule has 0 radical (unpaired) electrons. The summed E-state index contributed by atoms with van der Waals surface area (Å²) >= 11 is 1.23. The molecule has 1 fully saturated rings. The van der Waals surface area contributed by atoms with Crippen molar-refractivity contribution in [3.8, 4) is 5.88 Å². The third kappa shape index (κ3) is 3.24. The van der Waals surface area contributed by atoms with Crippen LogP contribution in [0.25, 0.3) is 10.2 Å². The van der Waals surface area contributed by atoms with E-state index in [1.165, 1.54) is 30.3 Å². The fourth-order valence-electron chi connectivity index (χ4n) is 2.94. The number of rotatable bonds is 7. The van der Waals surface area contributed by atoms with Gasteiger partial charge in [0.2, 0.25) is 5.88 Å². The molecule has 1 aliphatic rings. The van der Waals surface area contributed by atoms with E-state index in [4.69, 9.17) is 9.47 Å². The Labute approximate surface area is 154 Å². The molecule has 2 heterocycles. The van der Waals surface area contributed by atoms with E-state index in [2.05, 4.69) is 9.97 Å². The largest absolute Gasteiger partial charge is 0.480 e. The lowest BCUT2D eigenvalue weighted by Crippen LogP contribution is -2.44. The number of carboxylic acids is 1. The van der Waals surface area contributed by atoms with Gasteiger partial charge in [-0.1, -0.05) is 0 Å². The van der Waals surface area contributed by atoms with Gasteiger partial charge in [0.1, 0.15) is 17.5 Å². The molecule has 0 saturated heterocycles. The summed E-state index contributed by atoms with van der Waals surface area (Å²) in [5, 5.41) is 10.0. The van der Waals surface area contributed by atoms with Gasteiger partial charge >= 0.3 is 5.97 Å². The number of ether oxygens (including phenoxy) is 2. The highest BCUT2D eigenvalue weighted by Gasteiger charge is 2.40. The maximum atomic E-state index is 13.1. The smallest absolute Gasteiger partial charge is 0.326 e. The molecule has 0 bridgehead atoms. The van der Waals surface area contributed by atoms with Gasteiger partial charge in [-0.25, -0.2) is 9.78 Å². The first-order valence-corrected chi connectivity index (χ1v) is 9.09. The fourth-order valence-corrected chi connectivity index (χ4v) is 4.07. The molecular weight excluding hydrogens is 358 g/mol. The Morgan fingerprint density at radius 1 is 1.35 bits per heavy atom. The number of amides is 1. The van der Waals surface area contributed by atoms with Crippen LogP contribution in [0, 0.1) is 6.92 Å². The monoisotopic (exact) mass is 379 g/mol. The molecule has 1 aliphatic carbocycles. The summed E-state index contributed by atoms with van der Waals surface area (Å²) < 4.78 is 10.5. The Morgan fingerprint density at radius 2 is 2.04 bits per heavy atom. The van der Waals surface area contributed by atoms with Crippen LogP contribution in [-0.2, 0) is 16.1 Å². The van der Waals surface area contributed by atoms with Crippen molar-refractivity contribution in [1.29, 1.82) is 0 Å². The van der Waals surface area contributed by atoms with Gasteiger partial charge in [0, 0.05) is 13.2 Å². The van der Waals surface area contributed by atoms with Gasteiger partial charge in [-0.3, -0.25) is 4.79 Å². The van der Waals surface area contributed by atoms with Crippen molar-refractivity contribution in [2.75, 3.05) is 14.2 Å². The SMILES string of the molecule is COCc1nc(OC)c2c(C)c(C(=O)N(C3CC3)C(C)C(=O)O)sc2n1. The minimum atomic E-state index is -1.01. The standard InChI is InChI=1S/C17H21N3O5S/c1-8-12-14(25-4)18-11(7-24-3)19-15(12)26-13(8)16(21)20(10-5-6-10)9(2)17(22)23/h9-10H,5-7H2,1-4H3,(H,22,23). The summed E-state index contributed by atoms with van der Waals surface area (Å²) in [6, 6.07) is -0.896. The van der Waals surface area contributed by atoms with Crippen LogP contribution in [0.2, 0.25) is 0 Å². The van der Waals surface area contributed by atoms with Gasteiger partial charge < -0.3 is 19.5 Å². The van der Waals surface area contributed by atoms with E-state index in [9.17, 15) is 14.7 Å². The molecule has 2 aromatic heterocycles. The number of thiophene rings is 1.